The van der Waals surface area contributed by atoms with Gasteiger partial charge in [-0.1, -0.05) is 45.4 Å². The van der Waals surface area contributed by atoms with E-state index >= 15 is 0 Å². The van der Waals surface area contributed by atoms with Crippen molar-refractivity contribution < 1.29 is 9.53 Å². The molecule has 25 heavy (non-hydrogen) atoms. The Hall–Kier alpha value is -1.77. The highest BCUT2D eigenvalue weighted by atomic mass is 16.5. The van der Waals surface area contributed by atoms with E-state index in [9.17, 15) is 4.79 Å². The Morgan fingerprint density at radius 1 is 1.28 bits per heavy atom. The van der Waals surface area contributed by atoms with E-state index in [0.29, 0.717) is 24.2 Å². The summed E-state index contributed by atoms with van der Waals surface area (Å²) in [5.41, 5.74) is 2.45. The highest BCUT2D eigenvalue weighted by Crippen LogP contribution is 2.35. The number of esters is 1. The van der Waals surface area contributed by atoms with Crippen molar-refractivity contribution in [2.75, 3.05) is 0 Å². The maximum Gasteiger partial charge on any atom is 0.306 e. The lowest BCUT2D eigenvalue weighted by molar-refractivity contribution is -0.156. The van der Waals surface area contributed by atoms with Gasteiger partial charge >= 0.3 is 5.97 Å². The lowest BCUT2D eigenvalue weighted by Gasteiger charge is -2.36. The molecular formula is C22H31NO2. The van der Waals surface area contributed by atoms with Gasteiger partial charge in [-0.2, -0.15) is 0 Å². The van der Waals surface area contributed by atoms with Gasteiger partial charge in [0, 0.05) is 23.5 Å². The monoisotopic (exact) mass is 341 g/mol. The number of H-pyrrole nitrogens is 1. The number of hydrogen-bond donors (Lipinski definition) is 1. The van der Waals surface area contributed by atoms with Crippen molar-refractivity contribution in [1.82, 2.24) is 4.98 Å². The Morgan fingerprint density at radius 3 is 2.88 bits per heavy atom. The van der Waals surface area contributed by atoms with E-state index in [1.54, 1.807) is 0 Å². The number of carbonyl (C=O) groups is 1. The number of aryl methyl sites for hydroxylation is 1. The molecule has 1 fully saturated rings. The topological polar surface area (TPSA) is 42.1 Å². The van der Waals surface area contributed by atoms with E-state index in [1.807, 2.05) is 6.07 Å². The summed E-state index contributed by atoms with van der Waals surface area (Å²) < 4.78 is 5.90. The molecule has 1 aromatic heterocycles. The highest BCUT2D eigenvalue weighted by Gasteiger charge is 2.33. The first kappa shape index (κ1) is 18.0. The van der Waals surface area contributed by atoms with Crippen LogP contribution in [0.5, 0.6) is 0 Å². The number of hydrogen-bond acceptors (Lipinski definition) is 2. The molecule has 1 aliphatic carbocycles. The van der Waals surface area contributed by atoms with Crippen LogP contribution in [0.1, 0.15) is 58.4 Å². The Bertz CT molecular complexity index is 703. The van der Waals surface area contributed by atoms with E-state index in [-0.39, 0.29) is 12.1 Å². The highest BCUT2D eigenvalue weighted by molar-refractivity contribution is 5.83. The van der Waals surface area contributed by atoms with Crippen LogP contribution in [0.2, 0.25) is 0 Å². The van der Waals surface area contributed by atoms with Crippen LogP contribution in [-0.4, -0.2) is 17.1 Å². The number of carbonyl (C=O) groups excluding carboxylic acids is 1. The summed E-state index contributed by atoms with van der Waals surface area (Å²) in [4.78, 5) is 15.6. The Morgan fingerprint density at radius 2 is 2.08 bits per heavy atom. The van der Waals surface area contributed by atoms with Crippen LogP contribution in [0, 0.1) is 17.8 Å². The van der Waals surface area contributed by atoms with Crippen molar-refractivity contribution in [2.45, 2.75) is 65.4 Å². The van der Waals surface area contributed by atoms with Crippen LogP contribution in [0.25, 0.3) is 10.9 Å². The minimum atomic E-state index is -0.0235. The van der Waals surface area contributed by atoms with Gasteiger partial charge in [0.1, 0.15) is 6.10 Å². The second-order valence-corrected chi connectivity index (χ2v) is 8.07. The Balaban J connectivity index is 1.50. The molecule has 3 atom stereocenters. The molecule has 2 aromatic rings. The van der Waals surface area contributed by atoms with E-state index in [4.69, 9.17) is 4.74 Å². The van der Waals surface area contributed by atoms with Gasteiger partial charge in [0.15, 0.2) is 0 Å². The van der Waals surface area contributed by atoms with E-state index in [0.717, 1.165) is 24.8 Å². The third-order valence-corrected chi connectivity index (χ3v) is 5.75. The lowest BCUT2D eigenvalue weighted by Crippen LogP contribution is -2.35. The summed E-state index contributed by atoms with van der Waals surface area (Å²) in [6.45, 7) is 6.77. The van der Waals surface area contributed by atoms with Crippen LogP contribution in [-0.2, 0) is 16.0 Å². The van der Waals surface area contributed by atoms with Gasteiger partial charge in [0.2, 0.25) is 0 Å². The standard InChI is InChI=1S/C22H31NO2/c1-15(2)18-12-11-16(3)13-21(18)25-22(24)10-6-7-17-14-23-20-9-5-4-8-19(17)20/h4-5,8-9,14-16,18,21,23H,6-7,10-13H2,1-3H3. The quantitative estimate of drug-likeness (QED) is 0.705. The van der Waals surface area contributed by atoms with Crippen LogP contribution in [0.3, 0.4) is 0 Å². The van der Waals surface area contributed by atoms with Crippen LogP contribution < -0.4 is 0 Å². The molecule has 1 heterocycles. The van der Waals surface area contributed by atoms with E-state index < -0.39 is 0 Å². The first-order valence-electron chi connectivity index (χ1n) is 9.79. The van der Waals surface area contributed by atoms with E-state index in [1.165, 1.54) is 23.8 Å². The summed E-state index contributed by atoms with van der Waals surface area (Å²) >= 11 is 0. The molecule has 0 amide bonds. The van der Waals surface area contributed by atoms with Crippen molar-refractivity contribution in [1.29, 1.82) is 0 Å². The van der Waals surface area contributed by atoms with Crippen molar-refractivity contribution in [2.24, 2.45) is 17.8 Å². The molecule has 136 valence electrons. The minimum absolute atomic E-state index is 0.0235. The molecule has 1 aliphatic rings. The number of ether oxygens (including phenoxy) is 1. The molecule has 0 saturated heterocycles. The Labute approximate surface area is 151 Å². The van der Waals surface area contributed by atoms with Gasteiger partial charge in [-0.25, -0.2) is 0 Å². The molecule has 0 spiro atoms. The van der Waals surface area contributed by atoms with E-state index in [2.05, 4.69) is 50.2 Å². The summed E-state index contributed by atoms with van der Waals surface area (Å²) in [6.07, 6.45) is 7.91. The SMILES string of the molecule is CC1CCC(C(C)C)C(OC(=O)CCCc2c[nH]c3ccccc23)C1. The van der Waals surface area contributed by atoms with Crippen molar-refractivity contribution in [3.8, 4) is 0 Å². The van der Waals surface area contributed by atoms with Gasteiger partial charge in [0.25, 0.3) is 0 Å². The van der Waals surface area contributed by atoms with Crippen LogP contribution in [0.15, 0.2) is 30.5 Å². The number of fused-ring (bicyclic) bond motifs is 1. The summed E-state index contributed by atoms with van der Waals surface area (Å²) in [5, 5.41) is 1.26. The Kier molecular flexibility index (Phi) is 5.82. The zero-order valence-corrected chi connectivity index (χ0v) is 15.8. The van der Waals surface area contributed by atoms with Gasteiger partial charge < -0.3 is 9.72 Å². The molecule has 1 aromatic carbocycles. The number of aromatic nitrogens is 1. The number of nitrogens with one attached hydrogen (secondary N) is 1. The predicted molar refractivity (Wildman–Crippen MR) is 102 cm³/mol. The number of aromatic amines is 1. The van der Waals surface area contributed by atoms with Crippen LogP contribution in [0.4, 0.5) is 0 Å². The summed E-state index contributed by atoms with van der Waals surface area (Å²) in [5.74, 6) is 1.74. The van der Waals surface area contributed by atoms with Gasteiger partial charge in [0.05, 0.1) is 0 Å². The molecule has 3 heteroatoms. The largest absolute Gasteiger partial charge is 0.462 e. The smallest absolute Gasteiger partial charge is 0.306 e. The molecular weight excluding hydrogens is 310 g/mol. The molecule has 3 rings (SSSR count). The fourth-order valence-corrected chi connectivity index (χ4v) is 4.24. The van der Waals surface area contributed by atoms with Crippen molar-refractivity contribution in [3.63, 3.8) is 0 Å². The first-order valence-corrected chi connectivity index (χ1v) is 9.79. The van der Waals surface area contributed by atoms with Crippen molar-refractivity contribution >= 4 is 16.9 Å². The summed E-state index contributed by atoms with van der Waals surface area (Å²) in [7, 11) is 0. The normalized spacial score (nSPS) is 23.9. The van der Waals surface area contributed by atoms with Crippen LogP contribution >= 0.6 is 0 Å². The fraction of sp³-hybridized carbons (Fsp3) is 0.591. The number of benzene rings is 1. The minimum Gasteiger partial charge on any atom is -0.462 e. The predicted octanol–water partition coefficient (Wildman–Crippen LogP) is 5.49. The van der Waals surface area contributed by atoms with Gasteiger partial charge in [-0.3, -0.25) is 4.79 Å². The summed E-state index contributed by atoms with van der Waals surface area (Å²) in [6, 6.07) is 8.32. The van der Waals surface area contributed by atoms with Gasteiger partial charge in [-0.15, -0.1) is 0 Å². The van der Waals surface area contributed by atoms with Gasteiger partial charge in [-0.05, 0) is 55.1 Å². The maximum absolute atomic E-state index is 12.3. The second-order valence-electron chi connectivity index (χ2n) is 8.07. The zero-order valence-electron chi connectivity index (χ0n) is 15.8. The molecule has 3 nitrogen and oxygen atoms in total. The second kappa shape index (κ2) is 8.07. The number of para-hydroxylation sites is 1. The average Bonchev–Trinajstić information content (AvgIpc) is 2.98. The molecule has 0 bridgehead atoms. The molecule has 1 saturated carbocycles. The number of rotatable bonds is 6. The molecule has 0 aliphatic heterocycles. The molecule has 1 N–H and O–H groups in total. The third kappa shape index (κ3) is 4.45. The average molecular weight is 341 g/mol. The third-order valence-electron chi connectivity index (χ3n) is 5.75. The first-order chi connectivity index (χ1) is 12.0. The van der Waals surface area contributed by atoms with Crippen molar-refractivity contribution in [3.05, 3.63) is 36.0 Å². The lowest BCUT2D eigenvalue weighted by atomic mass is 9.75. The maximum atomic E-state index is 12.3. The fourth-order valence-electron chi connectivity index (χ4n) is 4.24. The molecule has 3 unspecified atom stereocenters. The zero-order chi connectivity index (χ0) is 17.8. The molecule has 0 radical (unpaired) electrons.